The van der Waals surface area contributed by atoms with Gasteiger partial charge >= 0.3 is 0 Å². The summed E-state index contributed by atoms with van der Waals surface area (Å²) < 4.78 is 0.909. The number of aromatic hydroxyl groups is 1. The second-order valence-corrected chi connectivity index (χ2v) is 10.4. The van der Waals surface area contributed by atoms with Crippen LogP contribution in [0.4, 0.5) is 22.7 Å². The van der Waals surface area contributed by atoms with E-state index >= 15 is 0 Å². The highest BCUT2D eigenvalue weighted by atomic mass is 79.9. The summed E-state index contributed by atoms with van der Waals surface area (Å²) in [6.45, 7) is 0. The van der Waals surface area contributed by atoms with E-state index in [9.17, 15) is 9.90 Å². The lowest BCUT2D eigenvalue weighted by Crippen LogP contribution is -2.31. The van der Waals surface area contributed by atoms with Gasteiger partial charge in [-0.15, -0.1) is 0 Å². The van der Waals surface area contributed by atoms with Gasteiger partial charge < -0.3 is 21.1 Å². The van der Waals surface area contributed by atoms with Crippen LogP contribution in [0.3, 0.4) is 0 Å². The van der Waals surface area contributed by atoms with Crippen molar-refractivity contribution in [3.8, 4) is 5.75 Å². The molecule has 0 fully saturated rings. The van der Waals surface area contributed by atoms with Gasteiger partial charge in [0.05, 0.1) is 17.3 Å². The molecule has 1 heterocycles. The molecule has 2 aliphatic rings. The van der Waals surface area contributed by atoms with E-state index in [0.717, 1.165) is 44.8 Å². The first-order valence-electron chi connectivity index (χ1n) is 12.3. The summed E-state index contributed by atoms with van der Waals surface area (Å²) in [4.78, 5) is 13.5. The van der Waals surface area contributed by atoms with Crippen LogP contribution >= 0.6 is 15.9 Å². The first-order chi connectivity index (χ1) is 18.1. The maximum atomic E-state index is 13.5. The van der Waals surface area contributed by atoms with Crippen molar-refractivity contribution in [1.82, 2.24) is 0 Å². The third-order valence-corrected chi connectivity index (χ3v) is 7.66. The summed E-state index contributed by atoms with van der Waals surface area (Å²) in [5.74, 6) is 0.512. The van der Waals surface area contributed by atoms with Crippen LogP contribution in [-0.4, -0.2) is 11.0 Å². The van der Waals surface area contributed by atoms with Crippen molar-refractivity contribution >= 4 is 44.6 Å². The number of halogens is 1. The molecule has 4 aromatic carbocycles. The van der Waals surface area contributed by atoms with Crippen molar-refractivity contribution in [2.24, 2.45) is 5.92 Å². The van der Waals surface area contributed by atoms with Gasteiger partial charge in [-0.2, -0.15) is 0 Å². The summed E-state index contributed by atoms with van der Waals surface area (Å²) in [5.41, 5.74) is 6.01. The number of rotatable bonds is 5. The first-order valence-corrected chi connectivity index (χ1v) is 13.1. The van der Waals surface area contributed by atoms with Gasteiger partial charge in [0, 0.05) is 33.0 Å². The Bertz CT molecular complexity index is 1480. The zero-order valence-electron chi connectivity index (χ0n) is 20.0. The molecule has 184 valence electrons. The van der Waals surface area contributed by atoms with Crippen LogP contribution in [0.5, 0.6) is 5.75 Å². The van der Waals surface area contributed by atoms with E-state index in [-0.39, 0.29) is 29.5 Å². The van der Waals surface area contributed by atoms with Gasteiger partial charge in [0.1, 0.15) is 5.75 Å². The number of hydrogen-bond donors (Lipinski definition) is 4. The van der Waals surface area contributed by atoms with Crippen LogP contribution in [0.1, 0.15) is 39.9 Å². The number of phenols is 1. The van der Waals surface area contributed by atoms with Gasteiger partial charge in [-0.3, -0.25) is 4.79 Å². The van der Waals surface area contributed by atoms with Crippen LogP contribution in [0, 0.1) is 5.92 Å². The summed E-state index contributed by atoms with van der Waals surface area (Å²) >= 11 is 3.54. The van der Waals surface area contributed by atoms with E-state index in [1.807, 2.05) is 78.9 Å². The topological polar surface area (TPSA) is 73.4 Å². The summed E-state index contributed by atoms with van der Waals surface area (Å²) in [6.07, 6.45) is 5.34. The second kappa shape index (κ2) is 9.79. The fraction of sp³-hybridized carbons (Fsp3) is 0.129. The molecule has 4 aromatic rings. The Labute approximate surface area is 224 Å². The lowest BCUT2D eigenvalue weighted by atomic mass is 9.76. The number of carbonyl (C=O) groups excluding carboxylic acids is 1. The van der Waals surface area contributed by atoms with Crippen molar-refractivity contribution in [2.75, 3.05) is 16.0 Å². The fourth-order valence-electron chi connectivity index (χ4n) is 5.42. The quantitative estimate of drug-likeness (QED) is 0.190. The number of carbonyl (C=O) groups is 1. The van der Waals surface area contributed by atoms with E-state index in [0.29, 0.717) is 5.56 Å². The van der Waals surface area contributed by atoms with Crippen molar-refractivity contribution in [2.45, 2.75) is 18.4 Å². The van der Waals surface area contributed by atoms with Crippen LogP contribution < -0.4 is 16.0 Å². The molecule has 0 aromatic heterocycles. The molecule has 3 unspecified atom stereocenters. The molecule has 0 radical (unpaired) electrons. The van der Waals surface area contributed by atoms with Crippen molar-refractivity contribution in [3.05, 3.63) is 124 Å². The smallest absolute Gasteiger partial charge is 0.257 e. The normalized spacial score (nSPS) is 19.4. The Morgan fingerprint density at radius 3 is 2.43 bits per heavy atom. The minimum Gasteiger partial charge on any atom is -0.508 e. The number of hydrogen-bond acceptors (Lipinski definition) is 4. The van der Waals surface area contributed by atoms with Crippen LogP contribution in [-0.2, 0) is 0 Å². The predicted octanol–water partition coefficient (Wildman–Crippen LogP) is 7.98. The average Bonchev–Trinajstić information content (AvgIpc) is 3.41. The fourth-order valence-corrected chi connectivity index (χ4v) is 5.80. The van der Waals surface area contributed by atoms with Crippen LogP contribution in [0.2, 0.25) is 0 Å². The molecule has 0 saturated carbocycles. The zero-order valence-corrected chi connectivity index (χ0v) is 21.6. The minimum atomic E-state index is -0.175. The lowest BCUT2D eigenvalue weighted by Gasteiger charge is -2.38. The number of fused-ring (bicyclic) bond motifs is 3. The molecule has 37 heavy (non-hydrogen) atoms. The SMILES string of the molecule is O=C(Nc1ccc(Nc2ccccc2)cc1)c1cccc2c1NC(c1cc(Br)ccc1O)C1CC=CC21. The molecular weight excluding hydrogens is 526 g/mol. The lowest BCUT2D eigenvalue weighted by molar-refractivity contribution is 0.102. The maximum absolute atomic E-state index is 13.5. The van der Waals surface area contributed by atoms with Gasteiger partial charge in [-0.05, 0) is 78.6 Å². The molecule has 4 N–H and O–H groups in total. The number of amides is 1. The van der Waals surface area contributed by atoms with Gasteiger partial charge in [-0.25, -0.2) is 0 Å². The molecular formula is C31H26BrN3O2. The van der Waals surface area contributed by atoms with Crippen molar-refractivity contribution in [1.29, 1.82) is 0 Å². The van der Waals surface area contributed by atoms with Crippen LogP contribution in [0.25, 0.3) is 0 Å². The largest absolute Gasteiger partial charge is 0.508 e. The maximum Gasteiger partial charge on any atom is 0.257 e. The molecule has 5 nitrogen and oxygen atoms in total. The summed E-state index contributed by atoms with van der Waals surface area (Å²) in [7, 11) is 0. The zero-order chi connectivity index (χ0) is 25.4. The second-order valence-electron chi connectivity index (χ2n) is 9.47. The highest BCUT2D eigenvalue weighted by Gasteiger charge is 2.40. The number of phenolic OH excluding ortho intramolecular Hbond substituents is 1. The van der Waals surface area contributed by atoms with E-state index in [4.69, 9.17) is 0 Å². The van der Waals surface area contributed by atoms with E-state index in [1.54, 1.807) is 6.07 Å². The van der Waals surface area contributed by atoms with E-state index in [1.165, 1.54) is 0 Å². The van der Waals surface area contributed by atoms with E-state index in [2.05, 4.69) is 50.1 Å². The monoisotopic (exact) mass is 551 g/mol. The van der Waals surface area contributed by atoms with Crippen molar-refractivity contribution in [3.63, 3.8) is 0 Å². The highest BCUT2D eigenvalue weighted by molar-refractivity contribution is 9.10. The van der Waals surface area contributed by atoms with Gasteiger partial charge in [0.15, 0.2) is 0 Å². The number of nitrogens with one attached hydrogen (secondary N) is 3. The molecule has 6 heteroatoms. The number of benzene rings is 4. The standard InChI is InChI=1S/C31H26BrN3O2/c32-19-12-17-28(36)27(18-19)30-25-9-4-8-23(25)24-10-5-11-26(29(24)35-30)31(37)34-22-15-13-21(14-16-22)33-20-6-2-1-3-7-20/h1-8,10-18,23,25,30,33,35-36H,9H2,(H,34,37). The highest BCUT2D eigenvalue weighted by Crippen LogP contribution is 2.52. The molecule has 0 bridgehead atoms. The molecule has 0 spiro atoms. The minimum absolute atomic E-state index is 0.123. The first kappa shape index (κ1) is 23.4. The summed E-state index contributed by atoms with van der Waals surface area (Å²) in [5, 5.41) is 20.7. The van der Waals surface area contributed by atoms with Gasteiger partial charge in [-0.1, -0.05) is 58.4 Å². The number of anilines is 4. The number of para-hydroxylation sites is 2. The van der Waals surface area contributed by atoms with Gasteiger partial charge in [0.2, 0.25) is 0 Å². The van der Waals surface area contributed by atoms with Crippen LogP contribution in [0.15, 0.2) is 108 Å². The Hall–Kier alpha value is -4.03. The third-order valence-electron chi connectivity index (χ3n) is 7.17. The Morgan fingerprint density at radius 1 is 0.865 bits per heavy atom. The molecule has 1 aliphatic carbocycles. The van der Waals surface area contributed by atoms with E-state index < -0.39 is 0 Å². The molecule has 3 atom stereocenters. The molecule has 6 rings (SSSR count). The van der Waals surface area contributed by atoms with Gasteiger partial charge in [0.25, 0.3) is 5.91 Å². The predicted molar refractivity (Wildman–Crippen MR) is 153 cm³/mol. The average molecular weight is 552 g/mol. The Morgan fingerprint density at radius 2 is 1.62 bits per heavy atom. The molecule has 1 amide bonds. The molecule has 0 saturated heterocycles. The third kappa shape index (κ3) is 4.60. The molecule has 1 aliphatic heterocycles. The summed E-state index contributed by atoms with van der Waals surface area (Å²) in [6, 6.07) is 28.9. The number of allylic oxidation sites excluding steroid dienone is 2. The van der Waals surface area contributed by atoms with Crippen molar-refractivity contribution < 1.29 is 9.90 Å². The Kier molecular flexibility index (Phi) is 6.18. The Balaban J connectivity index is 1.27.